The summed E-state index contributed by atoms with van der Waals surface area (Å²) in [4.78, 5) is 0. The van der Waals surface area contributed by atoms with E-state index in [9.17, 15) is 0 Å². The topological polar surface area (TPSA) is 18.5 Å². The van der Waals surface area contributed by atoms with E-state index in [2.05, 4.69) is 88.4 Å². The maximum absolute atomic E-state index is 6.34. The summed E-state index contributed by atoms with van der Waals surface area (Å²) in [5, 5.41) is 0. The number of hydrogen-bond donors (Lipinski definition) is 0. The monoisotopic (exact) mass is 486 g/mol. The first-order chi connectivity index (χ1) is 11.2. The molecule has 0 aromatic heterocycles. The third-order valence-corrected chi connectivity index (χ3v) is 28.6. The van der Waals surface area contributed by atoms with Crippen LogP contribution in [0, 0.1) is 0 Å². The third-order valence-electron chi connectivity index (χ3n) is 4.29. The van der Waals surface area contributed by atoms with Gasteiger partial charge in [-0.2, -0.15) is 0 Å². The molecule has 0 bridgehead atoms. The molecule has 0 atom stereocenters. The molecular weight excluding hydrogens is 465 g/mol. The minimum atomic E-state index is -2.37. The zero-order valence-electron chi connectivity index (χ0n) is 14.3. The second-order valence-electron chi connectivity index (χ2n) is 6.70. The van der Waals surface area contributed by atoms with Crippen molar-refractivity contribution < 1.29 is 9.05 Å². The van der Waals surface area contributed by atoms with Crippen LogP contribution in [0.3, 0.4) is 0 Å². The second kappa shape index (κ2) is 7.06. The summed E-state index contributed by atoms with van der Waals surface area (Å²) in [5.74, 6) is 0. The van der Waals surface area contributed by atoms with Crippen molar-refractivity contribution in [3.8, 4) is 0 Å². The first-order valence-corrected chi connectivity index (χ1v) is 17.5. The predicted octanol–water partition coefficient (Wildman–Crippen LogP) is 4.35. The Bertz CT molecular complexity index is 691. The molecule has 1 fully saturated rings. The molecule has 2 nitrogen and oxygen atoms in total. The summed E-state index contributed by atoms with van der Waals surface area (Å²) in [6.07, 6.45) is 0. The SMILES string of the molecule is CC1(C)OP(=S)([S][Sb]([c]2ccccc2)[c]2ccccc2)OC1(C)C. The molecule has 0 unspecified atom stereocenters. The normalized spacial score (nSPS) is 21.0. The van der Waals surface area contributed by atoms with Gasteiger partial charge in [0.15, 0.2) is 0 Å². The maximum atomic E-state index is 6.34. The van der Waals surface area contributed by atoms with E-state index in [0.717, 1.165) is 0 Å². The van der Waals surface area contributed by atoms with Crippen molar-refractivity contribution in [2.75, 3.05) is 0 Å². The number of benzene rings is 2. The van der Waals surface area contributed by atoms with Crippen LogP contribution in [0.4, 0.5) is 0 Å². The standard InChI is InChI=1S/C6H13O2PS2.2C6H5.Sb/c1-5(2)6(3,4)8-9(10,11)7-5;2*1-2-4-6-5-3-1;/h1-4H3,(H,10,11);2*1-5H;/q;;;+1/p-1. The quantitative estimate of drug-likeness (QED) is 0.472. The Labute approximate surface area is 159 Å². The van der Waals surface area contributed by atoms with Crippen molar-refractivity contribution in [3.63, 3.8) is 0 Å². The molecule has 2 aromatic rings. The van der Waals surface area contributed by atoms with Gasteiger partial charge in [-0.05, 0) is 0 Å². The molecular formula is C18H22O2PS2Sb. The van der Waals surface area contributed by atoms with Crippen LogP contribution in [0.15, 0.2) is 60.7 Å². The summed E-state index contributed by atoms with van der Waals surface area (Å²) in [6.45, 7) is 8.31. The van der Waals surface area contributed by atoms with Gasteiger partial charge in [0, 0.05) is 0 Å². The van der Waals surface area contributed by atoms with E-state index in [1.54, 1.807) is 0 Å². The molecule has 128 valence electrons. The van der Waals surface area contributed by atoms with Crippen molar-refractivity contribution in [1.29, 1.82) is 0 Å². The van der Waals surface area contributed by atoms with Crippen LogP contribution in [0.2, 0.25) is 0 Å². The fourth-order valence-corrected chi connectivity index (χ4v) is 28.7. The Morgan fingerprint density at radius 1 is 0.792 bits per heavy atom. The Morgan fingerprint density at radius 2 is 1.17 bits per heavy atom. The van der Waals surface area contributed by atoms with Gasteiger partial charge in [-0.1, -0.05) is 0 Å². The Hall–Kier alpha value is 0.178. The molecule has 24 heavy (non-hydrogen) atoms. The van der Waals surface area contributed by atoms with Crippen LogP contribution in [-0.2, 0) is 20.9 Å². The second-order valence-corrected chi connectivity index (χ2v) is 23.5. The Balaban J connectivity index is 1.96. The van der Waals surface area contributed by atoms with Crippen LogP contribution < -0.4 is 7.02 Å². The molecule has 0 amide bonds. The van der Waals surface area contributed by atoms with Crippen molar-refractivity contribution in [3.05, 3.63) is 60.7 Å². The van der Waals surface area contributed by atoms with E-state index < -0.39 is 24.5 Å². The molecule has 1 aliphatic rings. The molecule has 0 radical (unpaired) electrons. The Morgan fingerprint density at radius 3 is 1.54 bits per heavy atom. The molecule has 0 saturated carbocycles. The summed E-state index contributed by atoms with van der Waals surface area (Å²) in [5.41, 5.74) is -3.10. The van der Waals surface area contributed by atoms with Gasteiger partial charge in [-0.25, -0.2) is 0 Å². The van der Waals surface area contributed by atoms with Gasteiger partial charge in [-0.3, -0.25) is 0 Å². The van der Waals surface area contributed by atoms with E-state index in [0.29, 0.717) is 0 Å². The molecule has 1 saturated heterocycles. The molecule has 1 aliphatic heterocycles. The first kappa shape index (κ1) is 19.0. The Kier molecular flexibility index (Phi) is 5.58. The minimum absolute atomic E-state index is 0.366. The predicted molar refractivity (Wildman–Crippen MR) is 110 cm³/mol. The molecule has 0 aliphatic carbocycles. The van der Waals surface area contributed by atoms with Crippen LogP contribution in [-0.4, -0.2) is 30.0 Å². The van der Waals surface area contributed by atoms with Gasteiger partial charge >= 0.3 is 160 Å². The van der Waals surface area contributed by atoms with Crippen LogP contribution >= 0.6 is 14.2 Å². The molecule has 1 heterocycles. The van der Waals surface area contributed by atoms with Crippen molar-refractivity contribution in [2.24, 2.45) is 0 Å². The zero-order chi connectivity index (χ0) is 17.4. The van der Waals surface area contributed by atoms with Gasteiger partial charge in [0.1, 0.15) is 0 Å². The van der Waals surface area contributed by atoms with Gasteiger partial charge in [0.2, 0.25) is 0 Å². The molecule has 3 rings (SSSR count). The summed E-state index contributed by atoms with van der Waals surface area (Å²) in [7, 11) is 1.83. The summed E-state index contributed by atoms with van der Waals surface area (Å²) in [6, 6.07) is 21.4. The summed E-state index contributed by atoms with van der Waals surface area (Å²) >= 11 is 3.81. The third kappa shape index (κ3) is 3.95. The van der Waals surface area contributed by atoms with Crippen LogP contribution in [0.25, 0.3) is 0 Å². The van der Waals surface area contributed by atoms with E-state index in [4.69, 9.17) is 20.9 Å². The van der Waals surface area contributed by atoms with Gasteiger partial charge in [-0.15, -0.1) is 0 Å². The van der Waals surface area contributed by atoms with Crippen molar-refractivity contribution >= 4 is 51.8 Å². The molecule has 0 spiro atoms. The number of rotatable bonds is 4. The molecule has 0 N–H and O–H groups in total. The zero-order valence-corrected chi connectivity index (χ0v) is 19.4. The van der Waals surface area contributed by atoms with E-state index in [-0.39, 0.29) is 11.2 Å². The van der Waals surface area contributed by atoms with Gasteiger partial charge < -0.3 is 0 Å². The fourth-order valence-electron chi connectivity index (χ4n) is 2.30. The first-order valence-electron chi connectivity index (χ1n) is 7.84. The van der Waals surface area contributed by atoms with E-state index in [1.165, 1.54) is 7.02 Å². The van der Waals surface area contributed by atoms with E-state index >= 15 is 0 Å². The average molecular weight is 487 g/mol. The van der Waals surface area contributed by atoms with Crippen molar-refractivity contribution in [2.45, 2.75) is 38.9 Å². The van der Waals surface area contributed by atoms with Gasteiger partial charge in [0.05, 0.1) is 0 Å². The molecule has 2 aromatic carbocycles. The van der Waals surface area contributed by atoms with Crippen LogP contribution in [0.1, 0.15) is 27.7 Å². The van der Waals surface area contributed by atoms with Crippen molar-refractivity contribution in [1.82, 2.24) is 0 Å². The molecule has 6 heteroatoms. The fraction of sp³-hybridized carbons (Fsp3) is 0.333. The summed E-state index contributed by atoms with van der Waals surface area (Å²) < 4.78 is 15.5. The van der Waals surface area contributed by atoms with E-state index in [1.807, 2.05) is 8.47 Å². The van der Waals surface area contributed by atoms with Crippen LogP contribution in [0.5, 0.6) is 0 Å². The average Bonchev–Trinajstić information content (AvgIpc) is 2.70. The van der Waals surface area contributed by atoms with Gasteiger partial charge in [0.25, 0.3) is 0 Å². The number of hydrogen-bond acceptors (Lipinski definition) is 4.